The molecule has 4 rings (SSSR count). The summed E-state index contributed by atoms with van der Waals surface area (Å²) in [6, 6.07) is 8.11. The number of alkyl halides is 3. The van der Waals surface area contributed by atoms with Crippen molar-refractivity contribution < 1.29 is 13.2 Å². The van der Waals surface area contributed by atoms with Crippen LogP contribution >= 0.6 is 0 Å². The van der Waals surface area contributed by atoms with Gasteiger partial charge in [-0.25, -0.2) is 9.97 Å². The SMILES string of the molecule is CN(C)CCCNc1nc(CN2CCN(C3CCCC(C(F)(F)F)C3)CC2)nc2ccccc12. The van der Waals surface area contributed by atoms with Crippen LogP contribution in [-0.4, -0.2) is 90.2 Å². The van der Waals surface area contributed by atoms with Gasteiger partial charge in [0, 0.05) is 44.2 Å². The van der Waals surface area contributed by atoms with Gasteiger partial charge in [0.25, 0.3) is 0 Å². The molecule has 2 heterocycles. The second-order valence-corrected chi connectivity index (χ2v) is 9.96. The molecule has 1 aliphatic heterocycles. The molecule has 188 valence electrons. The molecule has 2 atom stereocenters. The van der Waals surface area contributed by atoms with E-state index in [0.29, 0.717) is 13.0 Å². The molecule has 0 spiro atoms. The zero-order chi connectivity index (χ0) is 24.1. The van der Waals surface area contributed by atoms with Crippen molar-refractivity contribution in [3.63, 3.8) is 0 Å². The second kappa shape index (κ2) is 11.2. The first kappa shape index (κ1) is 25.1. The van der Waals surface area contributed by atoms with Gasteiger partial charge in [0.1, 0.15) is 11.6 Å². The fourth-order valence-electron chi connectivity index (χ4n) is 5.21. The van der Waals surface area contributed by atoms with E-state index in [1.165, 1.54) is 0 Å². The first-order chi connectivity index (χ1) is 16.3. The van der Waals surface area contributed by atoms with Gasteiger partial charge in [-0.05, 0) is 58.5 Å². The molecule has 2 unspecified atom stereocenters. The van der Waals surface area contributed by atoms with E-state index in [-0.39, 0.29) is 18.9 Å². The molecule has 0 radical (unpaired) electrons. The normalized spacial score (nSPS) is 23.0. The van der Waals surface area contributed by atoms with Gasteiger partial charge < -0.3 is 10.2 Å². The van der Waals surface area contributed by atoms with Gasteiger partial charge in [-0.2, -0.15) is 13.2 Å². The quantitative estimate of drug-likeness (QED) is 0.573. The molecule has 1 saturated heterocycles. The monoisotopic (exact) mass is 478 g/mol. The van der Waals surface area contributed by atoms with E-state index in [4.69, 9.17) is 9.97 Å². The Morgan fingerprint density at radius 1 is 1.06 bits per heavy atom. The number of halogens is 3. The van der Waals surface area contributed by atoms with Crippen molar-refractivity contribution in [3.05, 3.63) is 30.1 Å². The molecule has 2 aromatic rings. The fourth-order valence-corrected chi connectivity index (χ4v) is 5.21. The molecule has 0 bridgehead atoms. The maximum Gasteiger partial charge on any atom is 0.391 e. The Balaban J connectivity index is 1.35. The number of aromatic nitrogens is 2. The minimum atomic E-state index is -4.06. The van der Waals surface area contributed by atoms with Gasteiger partial charge >= 0.3 is 6.18 Å². The van der Waals surface area contributed by atoms with Crippen LogP contribution in [0.3, 0.4) is 0 Å². The molecule has 1 aliphatic carbocycles. The van der Waals surface area contributed by atoms with Crippen LogP contribution in [0.4, 0.5) is 19.0 Å². The molecule has 1 aromatic heterocycles. The number of fused-ring (bicyclic) bond motifs is 1. The molecular formula is C25H37F3N6. The third-order valence-electron chi connectivity index (χ3n) is 7.12. The first-order valence-corrected chi connectivity index (χ1v) is 12.5. The topological polar surface area (TPSA) is 47.5 Å². The van der Waals surface area contributed by atoms with Crippen LogP contribution in [0.15, 0.2) is 24.3 Å². The Labute approximate surface area is 200 Å². The zero-order valence-corrected chi connectivity index (χ0v) is 20.3. The van der Waals surface area contributed by atoms with Crippen LogP contribution in [-0.2, 0) is 6.54 Å². The van der Waals surface area contributed by atoms with E-state index in [1.807, 2.05) is 24.3 Å². The summed E-state index contributed by atoms with van der Waals surface area (Å²) in [6.45, 7) is 5.78. The van der Waals surface area contributed by atoms with Crippen molar-refractivity contribution in [2.75, 3.05) is 58.7 Å². The lowest BCUT2D eigenvalue weighted by Gasteiger charge is -2.42. The summed E-state index contributed by atoms with van der Waals surface area (Å²) in [4.78, 5) is 16.4. The lowest BCUT2D eigenvalue weighted by Crippen LogP contribution is -2.51. The van der Waals surface area contributed by atoms with E-state index < -0.39 is 12.1 Å². The molecule has 34 heavy (non-hydrogen) atoms. The van der Waals surface area contributed by atoms with Crippen molar-refractivity contribution in [1.29, 1.82) is 0 Å². The number of para-hydroxylation sites is 1. The third-order valence-corrected chi connectivity index (χ3v) is 7.12. The second-order valence-electron chi connectivity index (χ2n) is 9.96. The maximum absolute atomic E-state index is 13.2. The van der Waals surface area contributed by atoms with Crippen molar-refractivity contribution in [2.45, 2.75) is 50.9 Å². The Morgan fingerprint density at radius 3 is 2.56 bits per heavy atom. The number of hydrogen-bond donors (Lipinski definition) is 1. The number of anilines is 1. The maximum atomic E-state index is 13.2. The van der Waals surface area contributed by atoms with E-state index >= 15 is 0 Å². The zero-order valence-electron chi connectivity index (χ0n) is 20.3. The Morgan fingerprint density at radius 2 is 1.82 bits per heavy atom. The predicted octanol–water partition coefficient (Wildman–Crippen LogP) is 4.23. The van der Waals surface area contributed by atoms with Gasteiger partial charge in [-0.1, -0.05) is 18.6 Å². The molecule has 2 fully saturated rings. The highest BCUT2D eigenvalue weighted by molar-refractivity contribution is 5.88. The van der Waals surface area contributed by atoms with Gasteiger partial charge in [-0.3, -0.25) is 9.80 Å². The van der Waals surface area contributed by atoms with Crippen LogP contribution in [0.2, 0.25) is 0 Å². The molecule has 0 amide bonds. The molecule has 9 heteroatoms. The Kier molecular flexibility index (Phi) is 8.26. The minimum absolute atomic E-state index is 0.0532. The van der Waals surface area contributed by atoms with Gasteiger partial charge in [0.05, 0.1) is 18.0 Å². The van der Waals surface area contributed by atoms with Gasteiger partial charge in [-0.15, -0.1) is 0 Å². The molecule has 1 saturated carbocycles. The van der Waals surface area contributed by atoms with E-state index in [9.17, 15) is 13.2 Å². The number of hydrogen-bond acceptors (Lipinski definition) is 6. The summed E-state index contributed by atoms with van der Waals surface area (Å²) in [5.41, 5.74) is 0.932. The van der Waals surface area contributed by atoms with Gasteiger partial charge in [0.15, 0.2) is 0 Å². The smallest absolute Gasteiger partial charge is 0.369 e. The van der Waals surface area contributed by atoms with E-state index in [1.54, 1.807) is 0 Å². The lowest BCUT2D eigenvalue weighted by atomic mass is 9.84. The van der Waals surface area contributed by atoms with Crippen LogP contribution < -0.4 is 5.32 Å². The first-order valence-electron chi connectivity index (χ1n) is 12.5. The molecule has 2 aliphatic rings. The number of rotatable bonds is 8. The summed E-state index contributed by atoms with van der Waals surface area (Å²) in [7, 11) is 4.14. The van der Waals surface area contributed by atoms with Crippen molar-refractivity contribution >= 4 is 16.7 Å². The fraction of sp³-hybridized carbons (Fsp3) is 0.680. The minimum Gasteiger partial charge on any atom is -0.369 e. The number of piperazine rings is 1. The van der Waals surface area contributed by atoms with Gasteiger partial charge in [0.2, 0.25) is 0 Å². The van der Waals surface area contributed by atoms with Crippen molar-refractivity contribution in [2.24, 2.45) is 5.92 Å². The molecular weight excluding hydrogens is 441 g/mol. The van der Waals surface area contributed by atoms with E-state index in [2.05, 4.69) is 34.1 Å². The highest BCUT2D eigenvalue weighted by Crippen LogP contribution is 2.39. The number of benzene rings is 1. The van der Waals surface area contributed by atoms with Crippen LogP contribution in [0.5, 0.6) is 0 Å². The predicted molar refractivity (Wildman–Crippen MR) is 130 cm³/mol. The average Bonchev–Trinajstić information content (AvgIpc) is 2.81. The lowest BCUT2D eigenvalue weighted by molar-refractivity contribution is -0.187. The average molecular weight is 479 g/mol. The summed E-state index contributed by atoms with van der Waals surface area (Å²) in [6.07, 6.45) is -0.955. The number of nitrogens with one attached hydrogen (secondary N) is 1. The van der Waals surface area contributed by atoms with Crippen LogP contribution in [0, 0.1) is 5.92 Å². The van der Waals surface area contributed by atoms with Crippen LogP contribution in [0.1, 0.15) is 37.9 Å². The van der Waals surface area contributed by atoms with E-state index in [0.717, 1.165) is 74.7 Å². The summed E-state index contributed by atoms with van der Waals surface area (Å²) >= 11 is 0. The molecule has 6 nitrogen and oxygen atoms in total. The molecule has 1 N–H and O–H groups in total. The molecule has 1 aromatic carbocycles. The van der Waals surface area contributed by atoms with Crippen molar-refractivity contribution in [3.8, 4) is 0 Å². The van der Waals surface area contributed by atoms with Crippen molar-refractivity contribution in [1.82, 2.24) is 24.7 Å². The van der Waals surface area contributed by atoms with Crippen LogP contribution in [0.25, 0.3) is 10.9 Å². The Hall–Kier alpha value is -1.97. The highest BCUT2D eigenvalue weighted by atomic mass is 19.4. The largest absolute Gasteiger partial charge is 0.391 e. The standard InChI is InChI=1S/C25H37F3N6/c1-32(2)12-6-11-29-24-21-9-3-4-10-22(21)30-23(31-24)18-33-13-15-34(16-14-33)20-8-5-7-19(17-20)25(26,27)28/h3-4,9-10,19-20H,5-8,11-18H2,1-2H3,(H,29,30,31). The number of nitrogens with zero attached hydrogens (tertiary/aromatic N) is 5. The summed E-state index contributed by atoms with van der Waals surface area (Å²) < 4.78 is 39.6. The Bertz CT molecular complexity index is 926. The highest BCUT2D eigenvalue weighted by Gasteiger charge is 2.43. The summed E-state index contributed by atoms with van der Waals surface area (Å²) in [5, 5.41) is 4.52. The summed E-state index contributed by atoms with van der Waals surface area (Å²) in [5.74, 6) is 0.523. The third kappa shape index (κ3) is 6.58.